The van der Waals surface area contributed by atoms with Gasteiger partial charge in [0.2, 0.25) is 0 Å². The molecule has 29 heavy (non-hydrogen) atoms. The first-order valence-corrected chi connectivity index (χ1v) is 10.5. The van der Waals surface area contributed by atoms with Gasteiger partial charge >= 0.3 is 6.03 Å². The molecule has 1 aromatic heterocycles. The maximum Gasteiger partial charge on any atom is 0.321 e. The Bertz CT molecular complexity index is 958. The van der Waals surface area contributed by atoms with Gasteiger partial charge in [-0.15, -0.1) is 11.3 Å². The first-order valence-electron chi connectivity index (χ1n) is 9.61. The van der Waals surface area contributed by atoms with E-state index in [1.54, 1.807) is 22.4 Å². The van der Waals surface area contributed by atoms with E-state index in [1.165, 1.54) is 0 Å². The maximum absolute atomic E-state index is 12.7. The SMILES string of the molecule is O=C(Nc1ccc(-c2nccs2)cc1)N1CCCN(C(=O)c2ccccc2)CC1. The van der Waals surface area contributed by atoms with E-state index in [4.69, 9.17) is 0 Å². The van der Waals surface area contributed by atoms with Gasteiger partial charge in [-0.05, 0) is 42.8 Å². The summed E-state index contributed by atoms with van der Waals surface area (Å²) in [6, 6.07) is 16.8. The van der Waals surface area contributed by atoms with Gasteiger partial charge in [0.1, 0.15) is 5.01 Å². The van der Waals surface area contributed by atoms with E-state index in [-0.39, 0.29) is 11.9 Å². The van der Waals surface area contributed by atoms with Crippen LogP contribution >= 0.6 is 11.3 Å². The number of carbonyl (C=O) groups excluding carboxylic acids is 2. The third-order valence-electron chi connectivity index (χ3n) is 4.91. The predicted molar refractivity (Wildman–Crippen MR) is 115 cm³/mol. The lowest BCUT2D eigenvalue weighted by molar-refractivity contribution is 0.0762. The molecule has 1 saturated heterocycles. The van der Waals surface area contributed by atoms with Crippen molar-refractivity contribution in [3.63, 3.8) is 0 Å². The summed E-state index contributed by atoms with van der Waals surface area (Å²) in [5.41, 5.74) is 2.46. The number of hydrogen-bond donors (Lipinski definition) is 1. The molecule has 148 valence electrons. The number of amides is 3. The third-order valence-corrected chi connectivity index (χ3v) is 5.73. The fourth-order valence-electron chi connectivity index (χ4n) is 3.35. The summed E-state index contributed by atoms with van der Waals surface area (Å²) < 4.78 is 0. The first-order chi connectivity index (χ1) is 14.2. The molecule has 3 aromatic rings. The minimum atomic E-state index is -0.138. The lowest BCUT2D eigenvalue weighted by Crippen LogP contribution is -2.39. The fourth-order valence-corrected chi connectivity index (χ4v) is 4.00. The van der Waals surface area contributed by atoms with Crippen molar-refractivity contribution in [1.82, 2.24) is 14.8 Å². The van der Waals surface area contributed by atoms with Crippen LogP contribution in [0.15, 0.2) is 66.2 Å². The molecular weight excluding hydrogens is 384 g/mol. The normalized spacial score (nSPS) is 14.3. The summed E-state index contributed by atoms with van der Waals surface area (Å²) >= 11 is 1.58. The Balaban J connectivity index is 1.34. The summed E-state index contributed by atoms with van der Waals surface area (Å²) in [5, 5.41) is 5.85. The summed E-state index contributed by atoms with van der Waals surface area (Å²) in [4.78, 5) is 33.2. The number of hydrogen-bond acceptors (Lipinski definition) is 4. The second-order valence-electron chi connectivity index (χ2n) is 6.84. The van der Waals surface area contributed by atoms with E-state index in [2.05, 4.69) is 10.3 Å². The smallest absolute Gasteiger partial charge is 0.321 e. The molecular formula is C22H22N4O2S. The highest BCUT2D eigenvalue weighted by Gasteiger charge is 2.22. The molecule has 2 heterocycles. The molecule has 0 aliphatic carbocycles. The van der Waals surface area contributed by atoms with Crippen molar-refractivity contribution in [2.75, 3.05) is 31.5 Å². The van der Waals surface area contributed by atoms with Crippen LogP contribution in [0.3, 0.4) is 0 Å². The fraction of sp³-hybridized carbons (Fsp3) is 0.227. The lowest BCUT2D eigenvalue weighted by atomic mass is 10.2. The van der Waals surface area contributed by atoms with Gasteiger partial charge in [0, 0.05) is 54.6 Å². The second kappa shape index (κ2) is 8.87. The summed E-state index contributed by atoms with van der Waals surface area (Å²) in [6.45, 7) is 2.33. The molecule has 0 bridgehead atoms. The molecule has 7 heteroatoms. The number of thiazole rings is 1. The van der Waals surface area contributed by atoms with Gasteiger partial charge in [-0.25, -0.2) is 9.78 Å². The van der Waals surface area contributed by atoms with E-state index < -0.39 is 0 Å². The van der Waals surface area contributed by atoms with Crippen LogP contribution in [0.4, 0.5) is 10.5 Å². The van der Waals surface area contributed by atoms with E-state index in [0.29, 0.717) is 31.7 Å². The number of urea groups is 1. The van der Waals surface area contributed by atoms with Crippen molar-refractivity contribution in [3.8, 4) is 10.6 Å². The zero-order chi connectivity index (χ0) is 20.1. The minimum absolute atomic E-state index is 0.0191. The van der Waals surface area contributed by atoms with Crippen molar-refractivity contribution in [2.45, 2.75) is 6.42 Å². The zero-order valence-electron chi connectivity index (χ0n) is 16.0. The topological polar surface area (TPSA) is 65.5 Å². The number of anilines is 1. The molecule has 1 N–H and O–H groups in total. The van der Waals surface area contributed by atoms with Crippen LogP contribution in [0, 0.1) is 0 Å². The number of rotatable bonds is 3. The molecule has 1 fully saturated rings. The first kappa shape index (κ1) is 19.1. The van der Waals surface area contributed by atoms with Gasteiger partial charge in [-0.3, -0.25) is 4.79 Å². The van der Waals surface area contributed by atoms with Crippen LogP contribution in [0.25, 0.3) is 10.6 Å². The van der Waals surface area contributed by atoms with Crippen LogP contribution in [-0.4, -0.2) is 52.9 Å². The minimum Gasteiger partial charge on any atom is -0.337 e. The third kappa shape index (κ3) is 4.63. The van der Waals surface area contributed by atoms with Crippen LogP contribution < -0.4 is 5.32 Å². The lowest BCUT2D eigenvalue weighted by Gasteiger charge is -2.22. The zero-order valence-corrected chi connectivity index (χ0v) is 16.8. The van der Waals surface area contributed by atoms with Crippen molar-refractivity contribution < 1.29 is 9.59 Å². The Kier molecular flexibility index (Phi) is 5.86. The van der Waals surface area contributed by atoms with Crippen LogP contribution in [0.1, 0.15) is 16.8 Å². The number of aromatic nitrogens is 1. The van der Waals surface area contributed by atoms with Crippen molar-refractivity contribution in [1.29, 1.82) is 0 Å². The molecule has 3 amide bonds. The molecule has 0 saturated carbocycles. The van der Waals surface area contributed by atoms with Crippen molar-refractivity contribution in [2.24, 2.45) is 0 Å². The Morgan fingerprint density at radius 2 is 1.62 bits per heavy atom. The maximum atomic E-state index is 12.7. The van der Waals surface area contributed by atoms with Gasteiger partial charge in [0.15, 0.2) is 0 Å². The standard InChI is InChI=1S/C22H22N4O2S/c27-21(18-5-2-1-3-6-18)25-12-4-13-26(15-14-25)22(28)24-19-9-7-17(8-10-19)20-23-11-16-29-20/h1-3,5-11,16H,4,12-15H2,(H,24,28). The van der Waals surface area contributed by atoms with Crippen LogP contribution in [0.5, 0.6) is 0 Å². The Hall–Kier alpha value is -3.19. The van der Waals surface area contributed by atoms with E-state index in [1.807, 2.05) is 64.9 Å². The molecule has 4 rings (SSSR count). The molecule has 0 spiro atoms. The van der Waals surface area contributed by atoms with Crippen LogP contribution in [-0.2, 0) is 0 Å². The van der Waals surface area contributed by atoms with E-state index in [9.17, 15) is 9.59 Å². The molecule has 0 atom stereocenters. The van der Waals surface area contributed by atoms with Gasteiger partial charge in [-0.1, -0.05) is 18.2 Å². The highest BCUT2D eigenvalue weighted by atomic mass is 32.1. The molecule has 0 unspecified atom stereocenters. The molecule has 0 radical (unpaired) electrons. The van der Waals surface area contributed by atoms with Crippen LogP contribution in [0.2, 0.25) is 0 Å². The number of nitrogens with zero attached hydrogens (tertiary/aromatic N) is 3. The second-order valence-corrected chi connectivity index (χ2v) is 7.74. The highest BCUT2D eigenvalue weighted by molar-refractivity contribution is 7.13. The van der Waals surface area contributed by atoms with Gasteiger partial charge in [0.25, 0.3) is 5.91 Å². The molecule has 1 aliphatic heterocycles. The summed E-state index contributed by atoms with van der Waals surface area (Å²) in [7, 11) is 0. The van der Waals surface area contributed by atoms with Crippen molar-refractivity contribution in [3.05, 3.63) is 71.7 Å². The van der Waals surface area contributed by atoms with E-state index in [0.717, 1.165) is 22.7 Å². The largest absolute Gasteiger partial charge is 0.337 e. The highest BCUT2D eigenvalue weighted by Crippen LogP contribution is 2.23. The molecule has 6 nitrogen and oxygen atoms in total. The summed E-state index contributed by atoms with van der Waals surface area (Å²) in [6.07, 6.45) is 2.54. The average Bonchev–Trinajstić information content (AvgIpc) is 3.19. The monoisotopic (exact) mass is 406 g/mol. The Morgan fingerprint density at radius 1 is 0.897 bits per heavy atom. The number of carbonyl (C=O) groups is 2. The average molecular weight is 407 g/mol. The van der Waals surface area contributed by atoms with Gasteiger partial charge < -0.3 is 15.1 Å². The number of benzene rings is 2. The van der Waals surface area contributed by atoms with Gasteiger partial charge in [-0.2, -0.15) is 0 Å². The quantitative estimate of drug-likeness (QED) is 0.709. The summed E-state index contributed by atoms with van der Waals surface area (Å²) in [5.74, 6) is 0.0191. The Labute approximate surface area is 173 Å². The number of nitrogens with one attached hydrogen (secondary N) is 1. The molecule has 2 aromatic carbocycles. The van der Waals surface area contributed by atoms with Crippen molar-refractivity contribution >= 4 is 29.0 Å². The predicted octanol–water partition coefficient (Wildman–Crippen LogP) is 4.19. The van der Waals surface area contributed by atoms with Gasteiger partial charge in [0.05, 0.1) is 0 Å². The van der Waals surface area contributed by atoms with E-state index >= 15 is 0 Å². The molecule has 1 aliphatic rings. The Morgan fingerprint density at radius 3 is 2.34 bits per heavy atom.